The standard InChI is InChI=1S/C16H17ClFNO3S/c1-10-13(17)5-4-6-16(10)23(20,21)19-11(2)12-7-8-15(22-3)14(18)9-12/h4-9,11,19H,1-3H3. The Morgan fingerprint density at radius 3 is 2.57 bits per heavy atom. The molecule has 1 unspecified atom stereocenters. The van der Waals surface area contributed by atoms with Crippen LogP contribution in [0.15, 0.2) is 41.3 Å². The fraction of sp³-hybridized carbons (Fsp3) is 0.250. The third-order valence-corrected chi connectivity index (χ3v) is 5.61. The van der Waals surface area contributed by atoms with Crippen molar-refractivity contribution >= 4 is 21.6 Å². The van der Waals surface area contributed by atoms with E-state index in [0.717, 1.165) is 0 Å². The molecule has 1 atom stereocenters. The molecule has 0 aromatic heterocycles. The van der Waals surface area contributed by atoms with Crippen LogP contribution in [0, 0.1) is 12.7 Å². The van der Waals surface area contributed by atoms with Gasteiger partial charge in [0.25, 0.3) is 0 Å². The summed E-state index contributed by atoms with van der Waals surface area (Å²) in [6, 6.07) is 8.38. The average molecular weight is 358 g/mol. The van der Waals surface area contributed by atoms with Crippen LogP contribution in [-0.2, 0) is 10.0 Å². The molecular formula is C16H17ClFNO3S. The Balaban J connectivity index is 2.30. The van der Waals surface area contributed by atoms with Crippen molar-refractivity contribution in [3.63, 3.8) is 0 Å². The normalized spacial score (nSPS) is 12.9. The largest absolute Gasteiger partial charge is 0.494 e. The van der Waals surface area contributed by atoms with Gasteiger partial charge in [0.05, 0.1) is 12.0 Å². The van der Waals surface area contributed by atoms with Gasteiger partial charge in [-0.2, -0.15) is 0 Å². The Morgan fingerprint density at radius 1 is 1.26 bits per heavy atom. The average Bonchev–Trinajstić information content (AvgIpc) is 2.49. The van der Waals surface area contributed by atoms with Crippen molar-refractivity contribution < 1.29 is 17.5 Å². The van der Waals surface area contributed by atoms with E-state index in [9.17, 15) is 12.8 Å². The summed E-state index contributed by atoms with van der Waals surface area (Å²) >= 11 is 5.97. The molecule has 2 aromatic rings. The third-order valence-electron chi connectivity index (χ3n) is 3.52. The highest BCUT2D eigenvalue weighted by Crippen LogP contribution is 2.26. The monoisotopic (exact) mass is 357 g/mol. The molecule has 0 spiro atoms. The Labute approximate surface area is 140 Å². The zero-order chi connectivity index (χ0) is 17.2. The summed E-state index contributed by atoms with van der Waals surface area (Å²) in [6.07, 6.45) is 0. The molecule has 0 heterocycles. The highest BCUT2D eigenvalue weighted by atomic mass is 35.5. The van der Waals surface area contributed by atoms with Gasteiger partial charge in [0.1, 0.15) is 0 Å². The number of sulfonamides is 1. The quantitative estimate of drug-likeness (QED) is 0.884. The minimum absolute atomic E-state index is 0.103. The Kier molecular flexibility index (Phi) is 5.29. The smallest absolute Gasteiger partial charge is 0.241 e. The molecule has 0 aliphatic rings. The first-order valence-corrected chi connectivity index (χ1v) is 8.73. The van der Waals surface area contributed by atoms with Crippen LogP contribution in [0.3, 0.4) is 0 Å². The van der Waals surface area contributed by atoms with E-state index in [4.69, 9.17) is 16.3 Å². The molecule has 1 N–H and O–H groups in total. The van der Waals surface area contributed by atoms with Gasteiger partial charge in [-0.25, -0.2) is 17.5 Å². The first kappa shape index (κ1) is 17.7. The maximum Gasteiger partial charge on any atom is 0.241 e. The van der Waals surface area contributed by atoms with Crippen molar-refractivity contribution in [3.8, 4) is 5.75 Å². The van der Waals surface area contributed by atoms with E-state index >= 15 is 0 Å². The fourth-order valence-electron chi connectivity index (χ4n) is 2.20. The summed E-state index contributed by atoms with van der Waals surface area (Å²) in [7, 11) is -2.41. The van der Waals surface area contributed by atoms with Crippen molar-refractivity contribution in [1.82, 2.24) is 4.72 Å². The van der Waals surface area contributed by atoms with Gasteiger partial charge in [0, 0.05) is 11.1 Å². The Hall–Kier alpha value is -1.63. The number of methoxy groups -OCH3 is 1. The molecular weight excluding hydrogens is 341 g/mol. The lowest BCUT2D eigenvalue weighted by atomic mass is 10.1. The van der Waals surface area contributed by atoms with Gasteiger partial charge in [0.2, 0.25) is 10.0 Å². The SMILES string of the molecule is COc1ccc(C(C)NS(=O)(=O)c2cccc(Cl)c2C)cc1F. The van der Waals surface area contributed by atoms with Gasteiger partial charge in [-0.15, -0.1) is 0 Å². The van der Waals surface area contributed by atoms with Crippen LogP contribution in [0.5, 0.6) is 5.75 Å². The van der Waals surface area contributed by atoms with Gasteiger partial charge >= 0.3 is 0 Å². The van der Waals surface area contributed by atoms with Gasteiger partial charge in [-0.05, 0) is 49.2 Å². The molecule has 0 bridgehead atoms. The Bertz CT molecular complexity index is 824. The second-order valence-corrected chi connectivity index (χ2v) is 7.19. The minimum atomic E-state index is -3.78. The van der Waals surface area contributed by atoms with Crippen LogP contribution < -0.4 is 9.46 Å². The van der Waals surface area contributed by atoms with Crippen molar-refractivity contribution in [2.24, 2.45) is 0 Å². The lowest BCUT2D eigenvalue weighted by Gasteiger charge is -2.17. The first-order valence-electron chi connectivity index (χ1n) is 6.87. The number of rotatable bonds is 5. The summed E-state index contributed by atoms with van der Waals surface area (Å²) in [5.41, 5.74) is 0.960. The molecule has 0 aliphatic carbocycles. The maximum atomic E-state index is 13.8. The zero-order valence-corrected chi connectivity index (χ0v) is 14.5. The Morgan fingerprint density at radius 2 is 1.96 bits per heavy atom. The van der Waals surface area contributed by atoms with Gasteiger partial charge in [-0.3, -0.25) is 0 Å². The number of halogens is 2. The van der Waals surface area contributed by atoms with Crippen LogP contribution in [0.4, 0.5) is 4.39 Å². The molecule has 23 heavy (non-hydrogen) atoms. The van der Waals surface area contributed by atoms with E-state index in [-0.39, 0.29) is 10.6 Å². The molecule has 0 amide bonds. The molecule has 0 radical (unpaired) electrons. The lowest BCUT2D eigenvalue weighted by molar-refractivity contribution is 0.386. The van der Waals surface area contributed by atoms with Crippen LogP contribution >= 0.6 is 11.6 Å². The highest BCUT2D eigenvalue weighted by molar-refractivity contribution is 7.89. The van der Waals surface area contributed by atoms with E-state index in [1.54, 1.807) is 32.0 Å². The van der Waals surface area contributed by atoms with Gasteiger partial charge < -0.3 is 4.74 Å². The van der Waals surface area contributed by atoms with Crippen LogP contribution in [-0.4, -0.2) is 15.5 Å². The minimum Gasteiger partial charge on any atom is -0.494 e. The van der Waals surface area contributed by atoms with E-state index in [2.05, 4.69) is 4.72 Å². The molecule has 124 valence electrons. The zero-order valence-electron chi connectivity index (χ0n) is 12.9. The molecule has 4 nitrogen and oxygen atoms in total. The molecule has 7 heteroatoms. The highest BCUT2D eigenvalue weighted by Gasteiger charge is 2.21. The molecule has 0 aliphatic heterocycles. The number of benzene rings is 2. The van der Waals surface area contributed by atoms with Crippen LogP contribution in [0.1, 0.15) is 24.1 Å². The van der Waals surface area contributed by atoms with E-state index < -0.39 is 21.9 Å². The first-order chi connectivity index (χ1) is 10.8. The number of hydrogen-bond donors (Lipinski definition) is 1. The van der Waals surface area contributed by atoms with Crippen molar-refractivity contribution in [1.29, 1.82) is 0 Å². The summed E-state index contributed by atoms with van der Waals surface area (Å²) in [4.78, 5) is 0.103. The molecule has 2 aromatic carbocycles. The summed E-state index contributed by atoms with van der Waals surface area (Å²) in [5, 5.41) is 0.371. The predicted molar refractivity (Wildman–Crippen MR) is 87.9 cm³/mol. The van der Waals surface area contributed by atoms with Gasteiger partial charge in [0.15, 0.2) is 11.6 Å². The molecule has 0 fully saturated rings. The molecule has 0 saturated carbocycles. The van der Waals surface area contributed by atoms with E-state index in [1.165, 1.54) is 25.3 Å². The second kappa shape index (κ2) is 6.86. The summed E-state index contributed by atoms with van der Waals surface area (Å²) in [5.74, 6) is -0.440. The predicted octanol–water partition coefficient (Wildman–Crippen LogP) is 3.84. The van der Waals surface area contributed by atoms with E-state index in [0.29, 0.717) is 16.1 Å². The number of nitrogens with one attached hydrogen (secondary N) is 1. The van der Waals surface area contributed by atoms with Crippen molar-refractivity contribution in [3.05, 3.63) is 58.4 Å². The molecule has 0 saturated heterocycles. The van der Waals surface area contributed by atoms with Crippen LogP contribution in [0.2, 0.25) is 5.02 Å². The topological polar surface area (TPSA) is 55.4 Å². The van der Waals surface area contributed by atoms with Crippen molar-refractivity contribution in [2.75, 3.05) is 7.11 Å². The number of ether oxygens (including phenoxy) is 1. The molecule has 2 rings (SSSR count). The third kappa shape index (κ3) is 3.83. The van der Waals surface area contributed by atoms with Crippen LogP contribution in [0.25, 0.3) is 0 Å². The second-order valence-electron chi connectivity index (χ2n) is 5.10. The van der Waals surface area contributed by atoms with Crippen molar-refractivity contribution in [2.45, 2.75) is 24.8 Å². The summed E-state index contributed by atoms with van der Waals surface area (Å²) < 4.78 is 46.2. The maximum absolute atomic E-state index is 13.8. The lowest BCUT2D eigenvalue weighted by Crippen LogP contribution is -2.27. The van der Waals surface area contributed by atoms with E-state index in [1.807, 2.05) is 0 Å². The number of hydrogen-bond acceptors (Lipinski definition) is 3. The van der Waals surface area contributed by atoms with Gasteiger partial charge in [-0.1, -0.05) is 23.7 Å². The fourth-order valence-corrected chi connectivity index (χ4v) is 3.92. The summed E-state index contributed by atoms with van der Waals surface area (Å²) in [6.45, 7) is 3.27.